The second kappa shape index (κ2) is 5.18. The minimum absolute atomic E-state index is 0.427. The summed E-state index contributed by atoms with van der Waals surface area (Å²) >= 11 is 11.8. The molecule has 0 saturated carbocycles. The van der Waals surface area contributed by atoms with Crippen LogP contribution in [0, 0.1) is 11.3 Å². The number of hydrogen-bond acceptors (Lipinski definition) is 3. The number of hydrogen-bond donors (Lipinski definition) is 2. The molecule has 0 bridgehead atoms. The third-order valence-corrected chi connectivity index (χ3v) is 2.76. The van der Waals surface area contributed by atoms with Gasteiger partial charge in [-0.1, -0.05) is 23.2 Å². The lowest BCUT2D eigenvalue weighted by molar-refractivity contribution is 1.47. The molecule has 0 radical (unpaired) electrons. The first-order valence-electron chi connectivity index (χ1n) is 5.11. The molecule has 0 aliphatic carbocycles. The van der Waals surface area contributed by atoms with Gasteiger partial charge in [0.2, 0.25) is 0 Å². The van der Waals surface area contributed by atoms with Crippen LogP contribution >= 0.6 is 23.2 Å². The van der Waals surface area contributed by atoms with Crippen molar-refractivity contribution in [3.63, 3.8) is 0 Å². The Bertz CT molecular complexity index is 612. The topological polar surface area (TPSA) is 61.8 Å². The molecule has 5 heteroatoms. The van der Waals surface area contributed by atoms with E-state index in [-0.39, 0.29) is 0 Å². The van der Waals surface area contributed by atoms with Crippen molar-refractivity contribution in [2.24, 2.45) is 0 Å². The third-order valence-electron chi connectivity index (χ3n) is 2.32. The maximum absolute atomic E-state index is 8.79. The Kier molecular flexibility index (Phi) is 3.61. The molecular formula is C13H9Cl2N3. The molecule has 3 N–H and O–H groups in total. The number of anilines is 3. The zero-order valence-corrected chi connectivity index (χ0v) is 10.8. The number of halogens is 2. The summed E-state index contributed by atoms with van der Waals surface area (Å²) in [6, 6.07) is 12.3. The van der Waals surface area contributed by atoms with Gasteiger partial charge in [-0.2, -0.15) is 5.26 Å². The van der Waals surface area contributed by atoms with Crippen LogP contribution in [0.5, 0.6) is 0 Å². The van der Waals surface area contributed by atoms with Gasteiger partial charge in [0.25, 0.3) is 0 Å². The Balaban J connectivity index is 2.29. The second-order valence-corrected chi connectivity index (χ2v) is 4.57. The summed E-state index contributed by atoms with van der Waals surface area (Å²) in [5, 5.41) is 13.0. The first-order chi connectivity index (χ1) is 8.58. The summed E-state index contributed by atoms with van der Waals surface area (Å²) in [6.07, 6.45) is 0. The van der Waals surface area contributed by atoms with E-state index in [9.17, 15) is 0 Å². The molecule has 0 spiro atoms. The Labute approximate surface area is 115 Å². The monoisotopic (exact) mass is 277 g/mol. The molecule has 0 saturated heterocycles. The molecule has 2 rings (SSSR count). The van der Waals surface area contributed by atoms with Crippen molar-refractivity contribution < 1.29 is 0 Å². The van der Waals surface area contributed by atoms with E-state index in [2.05, 4.69) is 5.32 Å². The summed E-state index contributed by atoms with van der Waals surface area (Å²) in [5.41, 5.74) is 8.14. The van der Waals surface area contributed by atoms with Gasteiger partial charge in [0.05, 0.1) is 11.3 Å². The SMILES string of the molecule is N#Cc1ccc(Nc2cc(Cl)cc(Cl)c2)cc1N. The Hall–Kier alpha value is -1.89. The number of nitrogen functional groups attached to an aromatic ring is 1. The zero-order chi connectivity index (χ0) is 13.1. The van der Waals surface area contributed by atoms with Crippen LogP contribution in [0.1, 0.15) is 5.56 Å². The van der Waals surface area contributed by atoms with E-state index in [4.69, 9.17) is 34.2 Å². The molecule has 0 atom stereocenters. The maximum Gasteiger partial charge on any atom is 0.101 e. The van der Waals surface area contributed by atoms with Gasteiger partial charge in [0.1, 0.15) is 6.07 Å². The molecule has 3 nitrogen and oxygen atoms in total. The fourth-order valence-electron chi connectivity index (χ4n) is 1.53. The second-order valence-electron chi connectivity index (χ2n) is 3.70. The molecule has 0 unspecified atom stereocenters. The van der Waals surface area contributed by atoms with E-state index in [1.807, 2.05) is 6.07 Å². The quantitative estimate of drug-likeness (QED) is 0.809. The van der Waals surface area contributed by atoms with Crippen molar-refractivity contribution in [3.05, 3.63) is 52.0 Å². The molecule has 90 valence electrons. The van der Waals surface area contributed by atoms with Crippen LogP contribution in [0.4, 0.5) is 17.1 Å². The predicted octanol–water partition coefficient (Wildman–Crippen LogP) is 4.19. The number of nitrogens with one attached hydrogen (secondary N) is 1. The van der Waals surface area contributed by atoms with Crippen LogP contribution in [0.3, 0.4) is 0 Å². The van der Waals surface area contributed by atoms with Gasteiger partial charge >= 0.3 is 0 Å². The number of nitriles is 1. The highest BCUT2D eigenvalue weighted by Crippen LogP contribution is 2.26. The fourth-order valence-corrected chi connectivity index (χ4v) is 2.06. The normalized spacial score (nSPS) is 9.83. The van der Waals surface area contributed by atoms with E-state index in [0.29, 0.717) is 21.3 Å². The fraction of sp³-hybridized carbons (Fsp3) is 0. The number of nitrogens with zero attached hydrogens (tertiary/aromatic N) is 1. The largest absolute Gasteiger partial charge is 0.398 e. The molecule has 18 heavy (non-hydrogen) atoms. The van der Waals surface area contributed by atoms with Crippen LogP contribution in [0.15, 0.2) is 36.4 Å². The predicted molar refractivity (Wildman–Crippen MR) is 75.3 cm³/mol. The van der Waals surface area contributed by atoms with Gasteiger partial charge in [-0.15, -0.1) is 0 Å². The number of nitrogens with two attached hydrogens (primary N) is 1. The Morgan fingerprint density at radius 2 is 1.67 bits per heavy atom. The van der Waals surface area contributed by atoms with Crippen LogP contribution in [-0.4, -0.2) is 0 Å². The van der Waals surface area contributed by atoms with Gasteiger partial charge in [-0.3, -0.25) is 0 Å². The minimum Gasteiger partial charge on any atom is -0.398 e. The first kappa shape index (κ1) is 12.6. The average Bonchev–Trinajstić information content (AvgIpc) is 2.27. The van der Waals surface area contributed by atoms with E-state index in [1.54, 1.807) is 36.4 Å². The standard InChI is InChI=1S/C13H9Cl2N3/c14-9-3-10(15)5-12(4-9)18-11-2-1-8(7-16)13(17)6-11/h1-6,18H,17H2. The van der Waals surface area contributed by atoms with Crippen LogP contribution in [0.2, 0.25) is 10.0 Å². The highest BCUT2D eigenvalue weighted by atomic mass is 35.5. The summed E-state index contributed by atoms with van der Waals surface area (Å²) in [5.74, 6) is 0. The minimum atomic E-state index is 0.427. The lowest BCUT2D eigenvalue weighted by atomic mass is 10.2. The van der Waals surface area contributed by atoms with Crippen molar-refractivity contribution in [1.82, 2.24) is 0 Å². The van der Waals surface area contributed by atoms with Crippen molar-refractivity contribution in [2.75, 3.05) is 11.1 Å². The first-order valence-corrected chi connectivity index (χ1v) is 5.87. The summed E-state index contributed by atoms with van der Waals surface area (Å²) in [7, 11) is 0. The number of benzene rings is 2. The Morgan fingerprint density at radius 3 is 2.22 bits per heavy atom. The highest BCUT2D eigenvalue weighted by molar-refractivity contribution is 6.35. The number of rotatable bonds is 2. The van der Waals surface area contributed by atoms with Crippen molar-refractivity contribution in [2.45, 2.75) is 0 Å². The highest BCUT2D eigenvalue weighted by Gasteiger charge is 2.02. The molecule has 0 aliphatic heterocycles. The molecule has 2 aromatic carbocycles. The van der Waals surface area contributed by atoms with Gasteiger partial charge < -0.3 is 11.1 Å². The molecule has 0 aliphatic rings. The summed E-state index contributed by atoms with van der Waals surface area (Å²) in [4.78, 5) is 0. The van der Waals surface area contributed by atoms with Crippen LogP contribution in [0.25, 0.3) is 0 Å². The smallest absolute Gasteiger partial charge is 0.101 e. The van der Waals surface area contributed by atoms with Crippen molar-refractivity contribution in [1.29, 1.82) is 5.26 Å². The van der Waals surface area contributed by atoms with E-state index >= 15 is 0 Å². The molecule has 0 aromatic heterocycles. The van der Waals surface area contributed by atoms with Crippen molar-refractivity contribution >= 4 is 40.3 Å². The van der Waals surface area contributed by atoms with Crippen molar-refractivity contribution in [3.8, 4) is 6.07 Å². The van der Waals surface area contributed by atoms with Gasteiger partial charge in [0.15, 0.2) is 0 Å². The van der Waals surface area contributed by atoms with E-state index in [0.717, 1.165) is 11.4 Å². The Morgan fingerprint density at radius 1 is 1.00 bits per heavy atom. The van der Waals surface area contributed by atoms with Crippen LogP contribution < -0.4 is 11.1 Å². The zero-order valence-electron chi connectivity index (χ0n) is 9.24. The molecular weight excluding hydrogens is 269 g/mol. The van der Waals surface area contributed by atoms with Gasteiger partial charge in [-0.05, 0) is 36.4 Å². The lowest BCUT2D eigenvalue weighted by Crippen LogP contribution is -1.94. The lowest BCUT2D eigenvalue weighted by Gasteiger charge is -2.08. The van der Waals surface area contributed by atoms with Gasteiger partial charge in [0, 0.05) is 21.4 Å². The third kappa shape index (κ3) is 2.86. The molecule has 0 fully saturated rings. The molecule has 0 heterocycles. The van der Waals surface area contributed by atoms with E-state index in [1.165, 1.54) is 0 Å². The average molecular weight is 278 g/mol. The van der Waals surface area contributed by atoms with E-state index < -0.39 is 0 Å². The summed E-state index contributed by atoms with van der Waals surface area (Å²) < 4.78 is 0. The molecule has 0 amide bonds. The van der Waals surface area contributed by atoms with Crippen LogP contribution in [-0.2, 0) is 0 Å². The van der Waals surface area contributed by atoms with Gasteiger partial charge in [-0.25, -0.2) is 0 Å². The maximum atomic E-state index is 8.79. The molecule has 2 aromatic rings. The summed E-state index contributed by atoms with van der Waals surface area (Å²) in [6.45, 7) is 0.